The molecule has 2 aromatic heterocycles. The maximum atomic E-state index is 12.2. The fourth-order valence-electron chi connectivity index (χ4n) is 2.65. The molecular formula is C15H18BN3O4. The average Bonchev–Trinajstić information content (AvgIpc) is 2.87. The molecule has 8 heteroatoms. The van der Waals surface area contributed by atoms with Gasteiger partial charge in [0, 0.05) is 18.5 Å². The maximum Gasteiger partial charge on any atom is 0.294 e. The number of aromatic amines is 1. The van der Waals surface area contributed by atoms with Crippen LogP contribution < -0.4 is 11.0 Å². The zero-order valence-electron chi connectivity index (χ0n) is 12.9. The molecule has 0 bridgehead atoms. The Morgan fingerprint density at radius 1 is 1.26 bits per heavy atom. The van der Waals surface area contributed by atoms with Gasteiger partial charge < -0.3 is 19.6 Å². The summed E-state index contributed by atoms with van der Waals surface area (Å²) in [5.41, 5.74) is 2.11. The zero-order valence-corrected chi connectivity index (χ0v) is 12.9. The number of furan rings is 1. The summed E-state index contributed by atoms with van der Waals surface area (Å²) >= 11 is 0. The molecular weight excluding hydrogens is 297 g/mol. The van der Waals surface area contributed by atoms with Crippen molar-refractivity contribution in [2.24, 2.45) is 0 Å². The van der Waals surface area contributed by atoms with E-state index in [2.05, 4.69) is 9.97 Å². The number of aromatic nitrogens is 2. The van der Waals surface area contributed by atoms with Crippen molar-refractivity contribution in [1.82, 2.24) is 14.9 Å². The Morgan fingerprint density at radius 3 is 2.70 bits per heavy atom. The first-order valence-corrected chi connectivity index (χ1v) is 7.48. The lowest BCUT2D eigenvalue weighted by molar-refractivity contribution is 0.153. The number of nitrogens with zero attached hydrogens (tertiary/aromatic N) is 2. The first kappa shape index (κ1) is 15.7. The van der Waals surface area contributed by atoms with Gasteiger partial charge in [0.1, 0.15) is 24.8 Å². The number of hydrogen-bond acceptors (Lipinski definition) is 6. The molecule has 120 valence electrons. The maximum absolute atomic E-state index is 12.2. The van der Waals surface area contributed by atoms with Gasteiger partial charge in [-0.25, -0.2) is 4.98 Å². The highest BCUT2D eigenvalue weighted by Gasteiger charge is 2.15. The first-order chi connectivity index (χ1) is 11.1. The predicted molar refractivity (Wildman–Crippen MR) is 89.8 cm³/mol. The van der Waals surface area contributed by atoms with Crippen molar-refractivity contribution in [3.63, 3.8) is 0 Å². The van der Waals surface area contributed by atoms with Gasteiger partial charge >= 0.3 is 0 Å². The van der Waals surface area contributed by atoms with Gasteiger partial charge in [0.05, 0.1) is 19.8 Å². The van der Waals surface area contributed by atoms with Crippen molar-refractivity contribution < 1.29 is 14.6 Å². The second-order valence-electron chi connectivity index (χ2n) is 5.52. The third-order valence-electron chi connectivity index (χ3n) is 3.73. The van der Waals surface area contributed by atoms with E-state index in [0.29, 0.717) is 36.6 Å². The van der Waals surface area contributed by atoms with Crippen molar-refractivity contribution in [2.75, 3.05) is 26.3 Å². The lowest BCUT2D eigenvalue weighted by Gasteiger charge is -2.19. The number of benzene rings is 1. The van der Waals surface area contributed by atoms with Gasteiger partial charge in [-0.3, -0.25) is 9.69 Å². The molecule has 7 nitrogen and oxygen atoms in total. The topological polar surface area (TPSA) is 103 Å². The fourth-order valence-corrected chi connectivity index (χ4v) is 2.65. The lowest BCUT2D eigenvalue weighted by Crippen LogP contribution is -2.31. The van der Waals surface area contributed by atoms with Gasteiger partial charge in [0.25, 0.3) is 5.56 Å². The SMILES string of the molecule is Bc1ccc2oc3c(=O)[nH]c(CN(CCO)CCO)nc3c2c1. The average molecular weight is 315 g/mol. The minimum atomic E-state index is -0.327. The minimum Gasteiger partial charge on any atom is -0.449 e. The largest absolute Gasteiger partial charge is 0.449 e. The Bertz CT molecular complexity index is 883. The van der Waals surface area contributed by atoms with Crippen LogP contribution in [0.3, 0.4) is 0 Å². The van der Waals surface area contributed by atoms with Crippen LogP contribution in [-0.2, 0) is 6.54 Å². The highest BCUT2D eigenvalue weighted by molar-refractivity contribution is 6.33. The van der Waals surface area contributed by atoms with Crippen LogP contribution in [0.1, 0.15) is 5.82 Å². The highest BCUT2D eigenvalue weighted by Crippen LogP contribution is 2.23. The quantitative estimate of drug-likeness (QED) is 0.489. The summed E-state index contributed by atoms with van der Waals surface area (Å²) in [5.74, 6) is 0.480. The number of H-pyrrole nitrogens is 1. The van der Waals surface area contributed by atoms with E-state index in [4.69, 9.17) is 14.6 Å². The van der Waals surface area contributed by atoms with Crippen LogP contribution in [0.4, 0.5) is 0 Å². The van der Waals surface area contributed by atoms with Crippen molar-refractivity contribution in [1.29, 1.82) is 0 Å². The van der Waals surface area contributed by atoms with Crippen LogP contribution >= 0.6 is 0 Å². The van der Waals surface area contributed by atoms with Gasteiger partial charge in [-0.15, -0.1) is 0 Å². The number of rotatable bonds is 6. The number of nitrogens with one attached hydrogen (secondary N) is 1. The van der Waals surface area contributed by atoms with Gasteiger partial charge in [0.2, 0.25) is 5.58 Å². The molecule has 3 rings (SSSR count). The van der Waals surface area contributed by atoms with E-state index in [1.54, 1.807) is 0 Å². The van der Waals surface area contributed by atoms with E-state index in [1.165, 1.54) is 0 Å². The third-order valence-corrected chi connectivity index (χ3v) is 3.73. The molecule has 0 aliphatic carbocycles. The van der Waals surface area contributed by atoms with Gasteiger partial charge in [0.15, 0.2) is 0 Å². The number of aliphatic hydroxyl groups is 2. The first-order valence-electron chi connectivity index (χ1n) is 7.48. The Morgan fingerprint density at radius 2 is 2.00 bits per heavy atom. The van der Waals surface area contributed by atoms with Crippen molar-refractivity contribution in [2.45, 2.75) is 6.54 Å². The molecule has 3 N–H and O–H groups in total. The molecule has 0 radical (unpaired) electrons. The summed E-state index contributed by atoms with van der Waals surface area (Å²) < 4.78 is 5.59. The van der Waals surface area contributed by atoms with Crippen LogP contribution in [0.25, 0.3) is 22.1 Å². The molecule has 0 unspecified atom stereocenters. The third kappa shape index (κ3) is 3.14. The molecule has 1 aromatic carbocycles. The Labute approximate surface area is 133 Å². The van der Waals surface area contributed by atoms with E-state index in [-0.39, 0.29) is 24.4 Å². The lowest BCUT2D eigenvalue weighted by atomic mass is 9.95. The summed E-state index contributed by atoms with van der Waals surface area (Å²) in [6.45, 7) is 1.08. The molecule has 0 saturated heterocycles. The zero-order chi connectivity index (χ0) is 16.4. The van der Waals surface area contributed by atoms with Crippen LogP contribution in [0.5, 0.6) is 0 Å². The molecule has 0 aliphatic heterocycles. The fraction of sp³-hybridized carbons (Fsp3) is 0.333. The number of fused-ring (bicyclic) bond motifs is 3. The van der Waals surface area contributed by atoms with Crippen LogP contribution in [-0.4, -0.2) is 59.2 Å². The van der Waals surface area contributed by atoms with E-state index in [1.807, 2.05) is 30.9 Å². The molecule has 0 saturated carbocycles. The Kier molecular flexibility index (Phi) is 4.47. The number of hydrogen-bond donors (Lipinski definition) is 3. The normalized spacial score (nSPS) is 11.8. The summed E-state index contributed by atoms with van der Waals surface area (Å²) in [5, 5.41) is 19.0. The second-order valence-corrected chi connectivity index (χ2v) is 5.52. The smallest absolute Gasteiger partial charge is 0.294 e. The summed E-state index contributed by atoms with van der Waals surface area (Å²) in [6, 6.07) is 5.69. The van der Waals surface area contributed by atoms with Gasteiger partial charge in [-0.05, 0) is 6.07 Å². The summed E-state index contributed by atoms with van der Waals surface area (Å²) in [7, 11) is 1.97. The van der Waals surface area contributed by atoms with Crippen molar-refractivity contribution in [3.05, 3.63) is 34.4 Å². The molecule has 0 amide bonds. The van der Waals surface area contributed by atoms with Crippen LogP contribution in [0, 0.1) is 0 Å². The summed E-state index contributed by atoms with van der Waals surface area (Å²) in [4.78, 5) is 21.3. The van der Waals surface area contributed by atoms with E-state index < -0.39 is 0 Å². The minimum absolute atomic E-state index is 0.0275. The van der Waals surface area contributed by atoms with E-state index in [0.717, 1.165) is 10.8 Å². The second kappa shape index (κ2) is 6.53. The van der Waals surface area contributed by atoms with Gasteiger partial charge in [-0.1, -0.05) is 17.6 Å². The molecule has 0 aliphatic rings. The van der Waals surface area contributed by atoms with E-state index >= 15 is 0 Å². The molecule has 0 atom stereocenters. The number of aliphatic hydroxyl groups excluding tert-OH is 2. The predicted octanol–water partition coefficient (Wildman–Crippen LogP) is -1.29. The van der Waals surface area contributed by atoms with Gasteiger partial charge in [-0.2, -0.15) is 0 Å². The monoisotopic (exact) mass is 315 g/mol. The van der Waals surface area contributed by atoms with Crippen molar-refractivity contribution in [3.8, 4) is 0 Å². The highest BCUT2D eigenvalue weighted by atomic mass is 16.3. The molecule has 23 heavy (non-hydrogen) atoms. The summed E-state index contributed by atoms with van der Waals surface area (Å²) in [6.07, 6.45) is 0. The molecule has 2 heterocycles. The molecule has 3 aromatic rings. The van der Waals surface area contributed by atoms with Crippen LogP contribution in [0.15, 0.2) is 27.4 Å². The van der Waals surface area contributed by atoms with Crippen molar-refractivity contribution >= 4 is 35.4 Å². The molecule has 0 fully saturated rings. The van der Waals surface area contributed by atoms with Crippen LogP contribution in [0.2, 0.25) is 0 Å². The standard InChI is InChI=1S/C15H18BN3O4/c16-9-1-2-11-10(7-9)13-14(23-11)15(22)18-12(17-13)8-19(3-5-20)4-6-21/h1-2,7,20-21H,3-6,8,16H2,(H,17,18,22). The Hall–Kier alpha value is -2.16. The molecule has 0 spiro atoms. The Balaban J connectivity index is 2.07. The van der Waals surface area contributed by atoms with E-state index in [9.17, 15) is 4.79 Å².